The predicted molar refractivity (Wildman–Crippen MR) is 108 cm³/mol. The molecule has 0 aromatic heterocycles. The molecule has 0 unspecified atom stereocenters. The van der Waals surface area contributed by atoms with Crippen LogP contribution in [0.2, 0.25) is 0 Å². The van der Waals surface area contributed by atoms with E-state index in [0.717, 1.165) is 64.2 Å². The number of carboxylic acids is 1. The van der Waals surface area contributed by atoms with E-state index >= 15 is 0 Å². The van der Waals surface area contributed by atoms with E-state index in [9.17, 15) is 15.0 Å². The molecule has 0 aliphatic rings. The highest BCUT2D eigenvalue weighted by Gasteiger charge is 2.09. The first-order chi connectivity index (χ1) is 12.6. The summed E-state index contributed by atoms with van der Waals surface area (Å²) < 4.78 is 0. The largest absolute Gasteiger partial charge is 0.481 e. The Hall–Kier alpha value is -0.610. The minimum Gasteiger partial charge on any atom is -0.481 e. The van der Waals surface area contributed by atoms with Gasteiger partial charge >= 0.3 is 5.97 Å². The zero-order chi connectivity index (χ0) is 19.5. The van der Waals surface area contributed by atoms with Crippen molar-refractivity contribution in [1.29, 1.82) is 0 Å². The van der Waals surface area contributed by atoms with Crippen LogP contribution in [0.3, 0.4) is 0 Å². The number of aliphatic hydroxyl groups is 2. The first-order valence-corrected chi connectivity index (χ1v) is 11.1. The molecule has 0 aliphatic heterocycles. The van der Waals surface area contributed by atoms with Gasteiger partial charge in [0, 0.05) is 6.42 Å². The molecule has 0 bridgehead atoms. The van der Waals surface area contributed by atoms with Crippen molar-refractivity contribution in [3.8, 4) is 0 Å². The van der Waals surface area contributed by atoms with E-state index in [4.69, 9.17) is 5.11 Å². The summed E-state index contributed by atoms with van der Waals surface area (Å²) >= 11 is 0. The molecule has 0 aromatic carbocycles. The van der Waals surface area contributed by atoms with Crippen LogP contribution < -0.4 is 0 Å². The zero-order valence-electron chi connectivity index (χ0n) is 17.1. The highest BCUT2D eigenvalue weighted by Crippen LogP contribution is 2.15. The summed E-state index contributed by atoms with van der Waals surface area (Å²) in [6, 6.07) is 0. The molecule has 0 saturated carbocycles. The van der Waals surface area contributed by atoms with Gasteiger partial charge in [0.2, 0.25) is 0 Å². The van der Waals surface area contributed by atoms with Crippen molar-refractivity contribution in [3.05, 3.63) is 0 Å². The highest BCUT2D eigenvalue weighted by atomic mass is 16.4. The van der Waals surface area contributed by atoms with Crippen LogP contribution in [0.5, 0.6) is 0 Å². The highest BCUT2D eigenvalue weighted by molar-refractivity contribution is 5.66. The van der Waals surface area contributed by atoms with Gasteiger partial charge < -0.3 is 15.3 Å². The van der Waals surface area contributed by atoms with Crippen LogP contribution >= 0.6 is 0 Å². The van der Waals surface area contributed by atoms with Gasteiger partial charge in [-0.15, -0.1) is 0 Å². The molecule has 0 radical (unpaired) electrons. The number of rotatable bonds is 20. The van der Waals surface area contributed by atoms with Crippen LogP contribution in [0.4, 0.5) is 0 Å². The molecule has 0 amide bonds. The lowest BCUT2D eigenvalue weighted by Gasteiger charge is -2.14. The van der Waals surface area contributed by atoms with Gasteiger partial charge in [-0.3, -0.25) is 4.79 Å². The van der Waals surface area contributed by atoms with Gasteiger partial charge in [0.25, 0.3) is 0 Å². The molecular formula is C22H44O4. The molecule has 26 heavy (non-hydrogen) atoms. The van der Waals surface area contributed by atoms with Gasteiger partial charge in [-0.25, -0.2) is 0 Å². The van der Waals surface area contributed by atoms with Crippen LogP contribution in [0.25, 0.3) is 0 Å². The molecule has 0 fully saturated rings. The summed E-state index contributed by atoms with van der Waals surface area (Å²) in [6.45, 7) is 2.21. The molecular weight excluding hydrogens is 328 g/mol. The number of aliphatic hydroxyl groups excluding tert-OH is 2. The molecule has 0 rings (SSSR count). The normalized spacial score (nSPS) is 13.7. The first-order valence-electron chi connectivity index (χ1n) is 11.1. The molecule has 0 aliphatic carbocycles. The van der Waals surface area contributed by atoms with Gasteiger partial charge in [0.15, 0.2) is 0 Å². The molecule has 0 saturated heterocycles. The zero-order valence-corrected chi connectivity index (χ0v) is 17.1. The molecule has 0 heterocycles. The maximum Gasteiger partial charge on any atom is 0.303 e. The second-order valence-corrected chi connectivity index (χ2v) is 7.85. The van der Waals surface area contributed by atoms with Crippen LogP contribution in [0, 0.1) is 0 Å². The van der Waals surface area contributed by atoms with E-state index in [0.29, 0.717) is 6.42 Å². The van der Waals surface area contributed by atoms with Crippen molar-refractivity contribution < 1.29 is 20.1 Å². The Morgan fingerprint density at radius 2 is 1.00 bits per heavy atom. The van der Waals surface area contributed by atoms with Gasteiger partial charge in [0.05, 0.1) is 12.2 Å². The van der Waals surface area contributed by atoms with Gasteiger partial charge in [-0.2, -0.15) is 0 Å². The van der Waals surface area contributed by atoms with E-state index < -0.39 is 5.97 Å². The molecule has 0 aromatic rings. The topological polar surface area (TPSA) is 77.8 Å². The Kier molecular flexibility index (Phi) is 18.7. The van der Waals surface area contributed by atoms with Crippen molar-refractivity contribution in [2.24, 2.45) is 0 Å². The molecule has 4 heteroatoms. The Morgan fingerprint density at radius 3 is 1.42 bits per heavy atom. The number of hydrogen-bond donors (Lipinski definition) is 3. The molecule has 4 nitrogen and oxygen atoms in total. The lowest BCUT2D eigenvalue weighted by atomic mass is 10.00. The summed E-state index contributed by atoms with van der Waals surface area (Å²) in [6.07, 6.45) is 17.9. The lowest BCUT2D eigenvalue weighted by molar-refractivity contribution is -0.137. The minimum atomic E-state index is -0.692. The molecule has 2 atom stereocenters. The number of aliphatic carboxylic acids is 1. The fourth-order valence-electron chi connectivity index (χ4n) is 3.37. The Balaban J connectivity index is 3.30. The van der Waals surface area contributed by atoms with Crippen LogP contribution in [0.15, 0.2) is 0 Å². The number of hydrogen-bond acceptors (Lipinski definition) is 3. The van der Waals surface area contributed by atoms with Crippen molar-refractivity contribution >= 4 is 5.97 Å². The predicted octanol–water partition coefficient (Wildman–Crippen LogP) is 5.83. The fraction of sp³-hybridized carbons (Fsp3) is 0.955. The van der Waals surface area contributed by atoms with Crippen molar-refractivity contribution in [3.63, 3.8) is 0 Å². The van der Waals surface area contributed by atoms with Crippen LogP contribution in [-0.4, -0.2) is 33.5 Å². The first kappa shape index (κ1) is 25.4. The number of carbonyl (C=O) groups is 1. The fourth-order valence-corrected chi connectivity index (χ4v) is 3.37. The van der Waals surface area contributed by atoms with E-state index in [1.807, 2.05) is 0 Å². The summed E-state index contributed by atoms with van der Waals surface area (Å²) in [5.74, 6) is -0.692. The van der Waals surface area contributed by atoms with E-state index in [1.165, 1.54) is 44.9 Å². The summed E-state index contributed by atoms with van der Waals surface area (Å²) in [5, 5.41) is 28.6. The van der Waals surface area contributed by atoms with Crippen molar-refractivity contribution in [1.82, 2.24) is 0 Å². The quantitative estimate of drug-likeness (QED) is 0.235. The average Bonchev–Trinajstić information content (AvgIpc) is 2.61. The smallest absolute Gasteiger partial charge is 0.303 e. The third kappa shape index (κ3) is 19.7. The maximum atomic E-state index is 10.4. The second kappa shape index (κ2) is 19.2. The third-order valence-corrected chi connectivity index (χ3v) is 5.15. The number of carboxylic acid groups (broad SMARTS) is 1. The van der Waals surface area contributed by atoms with Crippen molar-refractivity contribution in [2.45, 2.75) is 135 Å². The molecule has 156 valence electrons. The average molecular weight is 373 g/mol. The maximum absolute atomic E-state index is 10.4. The SMILES string of the molecule is CCCCCCC[C@H](O)CC[C@@H](O)CCCCCCCCCCC(=O)O. The minimum absolute atomic E-state index is 0.243. The van der Waals surface area contributed by atoms with Crippen LogP contribution in [0.1, 0.15) is 122 Å². The molecule has 0 spiro atoms. The summed E-state index contributed by atoms with van der Waals surface area (Å²) in [4.78, 5) is 10.4. The van der Waals surface area contributed by atoms with E-state index in [-0.39, 0.29) is 12.2 Å². The third-order valence-electron chi connectivity index (χ3n) is 5.15. The van der Waals surface area contributed by atoms with Crippen LogP contribution in [-0.2, 0) is 4.79 Å². The Bertz CT molecular complexity index is 307. The summed E-state index contributed by atoms with van der Waals surface area (Å²) in [7, 11) is 0. The Labute approximate surface area is 161 Å². The lowest BCUT2D eigenvalue weighted by Crippen LogP contribution is -2.13. The number of unbranched alkanes of at least 4 members (excludes halogenated alkanes) is 11. The van der Waals surface area contributed by atoms with Crippen molar-refractivity contribution in [2.75, 3.05) is 0 Å². The van der Waals surface area contributed by atoms with E-state index in [1.54, 1.807) is 0 Å². The monoisotopic (exact) mass is 372 g/mol. The molecule has 3 N–H and O–H groups in total. The van der Waals surface area contributed by atoms with Gasteiger partial charge in [0.1, 0.15) is 0 Å². The second-order valence-electron chi connectivity index (χ2n) is 7.85. The standard InChI is InChI=1S/C22H44O4/c1-2-3-4-9-12-15-20(23)18-19-21(24)16-13-10-7-5-6-8-11-14-17-22(25)26/h20-21,23-24H,2-19H2,1H3,(H,25,26)/t20-,21-/m0/s1. The Morgan fingerprint density at radius 1 is 0.615 bits per heavy atom. The van der Waals surface area contributed by atoms with E-state index in [2.05, 4.69) is 6.92 Å². The summed E-state index contributed by atoms with van der Waals surface area (Å²) in [5.41, 5.74) is 0. The van der Waals surface area contributed by atoms with Gasteiger partial charge in [-0.05, 0) is 32.1 Å². The van der Waals surface area contributed by atoms with Gasteiger partial charge in [-0.1, -0.05) is 84.0 Å².